The number of hydrogen-bond donors (Lipinski definition) is 1. The van der Waals surface area contributed by atoms with E-state index < -0.39 is 7.82 Å². The van der Waals surface area contributed by atoms with Crippen LogP contribution >= 0.6 is 7.82 Å². The van der Waals surface area contributed by atoms with Crippen molar-refractivity contribution in [1.82, 2.24) is 0 Å². The first-order valence-corrected chi connectivity index (χ1v) is 4.59. The Labute approximate surface area is 109 Å². The standard InChI is InChI=1S/C5H13O4P.K/c1-5(2)3-4-9-10(6,7)8;/h5H,3-4H2,1-2H3,(H2,6,7,8);/q;+1/p-1. The minimum Gasteiger partial charge on any atom is -0.756 e. The SMILES string of the molecule is CC(C)CCOP(=O)([O-])O.[K+]. The third-order valence-electron chi connectivity index (χ3n) is 0.950. The molecule has 0 saturated carbocycles. The minimum atomic E-state index is -4.47. The van der Waals surface area contributed by atoms with Crippen molar-refractivity contribution in [2.75, 3.05) is 6.61 Å². The van der Waals surface area contributed by atoms with Crippen LogP contribution in [-0.2, 0) is 9.09 Å². The molecule has 0 radical (unpaired) electrons. The molecule has 0 saturated heterocycles. The van der Waals surface area contributed by atoms with Crippen LogP contribution in [0.4, 0.5) is 0 Å². The Morgan fingerprint density at radius 1 is 1.64 bits per heavy atom. The molecule has 1 unspecified atom stereocenters. The van der Waals surface area contributed by atoms with Crippen LogP contribution in [0.5, 0.6) is 0 Å². The second-order valence-corrected chi connectivity index (χ2v) is 3.68. The molecule has 1 atom stereocenters. The molecule has 0 aromatic carbocycles. The van der Waals surface area contributed by atoms with Crippen molar-refractivity contribution >= 4 is 7.82 Å². The summed E-state index contributed by atoms with van der Waals surface area (Å²) in [5.41, 5.74) is 0. The van der Waals surface area contributed by atoms with Crippen molar-refractivity contribution in [3.63, 3.8) is 0 Å². The summed E-state index contributed by atoms with van der Waals surface area (Å²) in [7, 11) is -4.47. The van der Waals surface area contributed by atoms with Gasteiger partial charge in [-0.15, -0.1) is 0 Å². The van der Waals surface area contributed by atoms with Crippen LogP contribution in [0.25, 0.3) is 0 Å². The smallest absolute Gasteiger partial charge is 0.756 e. The molecule has 0 amide bonds. The van der Waals surface area contributed by atoms with E-state index >= 15 is 0 Å². The van der Waals surface area contributed by atoms with Gasteiger partial charge in [0.25, 0.3) is 7.82 Å². The number of rotatable bonds is 4. The maximum absolute atomic E-state index is 9.97. The Hall–Kier alpha value is 1.75. The maximum atomic E-state index is 9.97. The van der Waals surface area contributed by atoms with Crippen molar-refractivity contribution in [2.45, 2.75) is 20.3 Å². The minimum absolute atomic E-state index is 0. The molecular weight excluding hydrogens is 194 g/mol. The van der Waals surface area contributed by atoms with Gasteiger partial charge in [0, 0.05) is 0 Å². The van der Waals surface area contributed by atoms with Gasteiger partial charge in [-0.05, 0) is 12.3 Å². The van der Waals surface area contributed by atoms with Crippen molar-refractivity contribution in [3.8, 4) is 0 Å². The Bertz CT molecular complexity index is 132. The zero-order valence-electron chi connectivity index (χ0n) is 7.11. The summed E-state index contributed by atoms with van der Waals surface area (Å²) in [4.78, 5) is 18.1. The van der Waals surface area contributed by atoms with Crippen LogP contribution in [0, 0.1) is 5.92 Å². The first-order chi connectivity index (χ1) is 4.42. The zero-order valence-corrected chi connectivity index (χ0v) is 11.1. The monoisotopic (exact) mass is 206 g/mol. The Morgan fingerprint density at radius 2 is 2.09 bits per heavy atom. The first-order valence-electron chi connectivity index (χ1n) is 3.10. The largest absolute Gasteiger partial charge is 1.00 e. The van der Waals surface area contributed by atoms with Gasteiger partial charge >= 0.3 is 51.4 Å². The molecule has 0 aliphatic carbocycles. The van der Waals surface area contributed by atoms with Gasteiger partial charge in [-0.3, -0.25) is 4.57 Å². The summed E-state index contributed by atoms with van der Waals surface area (Å²) in [6.45, 7) is 3.95. The second kappa shape index (κ2) is 7.18. The van der Waals surface area contributed by atoms with Crippen molar-refractivity contribution in [2.24, 2.45) is 5.92 Å². The van der Waals surface area contributed by atoms with Crippen LogP contribution in [0.15, 0.2) is 0 Å². The molecule has 0 fully saturated rings. The predicted molar refractivity (Wildman–Crippen MR) is 35.2 cm³/mol. The fourth-order valence-electron chi connectivity index (χ4n) is 0.404. The second-order valence-electron chi connectivity index (χ2n) is 2.48. The van der Waals surface area contributed by atoms with Crippen LogP contribution in [0.1, 0.15) is 20.3 Å². The van der Waals surface area contributed by atoms with E-state index in [4.69, 9.17) is 4.89 Å². The fraction of sp³-hybridized carbons (Fsp3) is 1.00. The van der Waals surface area contributed by atoms with Crippen molar-refractivity contribution in [1.29, 1.82) is 0 Å². The zero-order chi connectivity index (χ0) is 8.20. The van der Waals surface area contributed by atoms with Gasteiger partial charge in [-0.1, -0.05) is 13.8 Å². The molecule has 4 nitrogen and oxygen atoms in total. The Morgan fingerprint density at radius 3 is 2.36 bits per heavy atom. The molecule has 11 heavy (non-hydrogen) atoms. The van der Waals surface area contributed by atoms with E-state index in [0.29, 0.717) is 12.3 Å². The maximum Gasteiger partial charge on any atom is 1.00 e. The molecule has 0 rings (SSSR count). The predicted octanol–water partition coefficient (Wildman–Crippen LogP) is -2.49. The summed E-state index contributed by atoms with van der Waals surface area (Å²) in [6.07, 6.45) is 0.632. The van der Waals surface area contributed by atoms with E-state index in [9.17, 15) is 9.46 Å². The molecule has 0 heterocycles. The van der Waals surface area contributed by atoms with Gasteiger partial charge in [0.05, 0.1) is 6.61 Å². The van der Waals surface area contributed by atoms with Gasteiger partial charge in [0.15, 0.2) is 0 Å². The van der Waals surface area contributed by atoms with Gasteiger partial charge in [0.2, 0.25) is 0 Å². The van der Waals surface area contributed by atoms with Gasteiger partial charge in [0.1, 0.15) is 0 Å². The summed E-state index contributed by atoms with van der Waals surface area (Å²) in [6, 6.07) is 0. The normalized spacial score (nSPS) is 15.7. The van der Waals surface area contributed by atoms with Gasteiger partial charge in [-0.2, -0.15) is 0 Å². The average Bonchev–Trinajstić information content (AvgIpc) is 1.59. The van der Waals surface area contributed by atoms with Crippen molar-refractivity contribution in [3.05, 3.63) is 0 Å². The average molecular weight is 206 g/mol. The first kappa shape index (κ1) is 15.2. The molecule has 6 heteroatoms. The topological polar surface area (TPSA) is 69.6 Å². The van der Waals surface area contributed by atoms with Crippen LogP contribution in [0.2, 0.25) is 0 Å². The molecule has 0 spiro atoms. The summed E-state index contributed by atoms with van der Waals surface area (Å²) >= 11 is 0. The van der Waals surface area contributed by atoms with E-state index in [1.54, 1.807) is 0 Å². The van der Waals surface area contributed by atoms with Crippen LogP contribution < -0.4 is 56.3 Å². The third kappa shape index (κ3) is 14.6. The van der Waals surface area contributed by atoms with Crippen molar-refractivity contribution < 1.29 is 70.3 Å². The van der Waals surface area contributed by atoms with E-state index in [-0.39, 0.29) is 58.0 Å². The molecule has 0 aliphatic rings. The van der Waals surface area contributed by atoms with Crippen LogP contribution in [0.3, 0.4) is 0 Å². The quantitative estimate of drug-likeness (QED) is 0.408. The Kier molecular flexibility index (Phi) is 9.94. The van der Waals surface area contributed by atoms with E-state index in [2.05, 4.69) is 4.52 Å². The van der Waals surface area contributed by atoms with E-state index in [1.165, 1.54) is 0 Å². The van der Waals surface area contributed by atoms with Gasteiger partial charge in [-0.25, -0.2) is 0 Å². The fourth-order valence-corrected chi connectivity index (χ4v) is 0.740. The molecular formula is C5H12KO4P. The molecule has 0 bridgehead atoms. The molecule has 0 aromatic rings. The van der Waals surface area contributed by atoms with Gasteiger partial charge < -0.3 is 14.3 Å². The summed E-state index contributed by atoms with van der Waals surface area (Å²) in [5.74, 6) is 0.381. The molecule has 0 aliphatic heterocycles. The van der Waals surface area contributed by atoms with E-state index in [1.807, 2.05) is 13.8 Å². The number of phosphoric ester groups is 1. The summed E-state index contributed by atoms with van der Waals surface area (Å²) < 4.78 is 14.1. The third-order valence-corrected chi connectivity index (χ3v) is 1.46. The molecule has 0 aromatic heterocycles. The molecule has 62 valence electrons. The Balaban J connectivity index is 0. The van der Waals surface area contributed by atoms with E-state index in [0.717, 1.165) is 0 Å². The summed E-state index contributed by atoms with van der Waals surface area (Å²) in [5, 5.41) is 0. The number of phosphoric acid groups is 1. The number of hydrogen-bond acceptors (Lipinski definition) is 3. The van der Waals surface area contributed by atoms with Crippen LogP contribution in [-0.4, -0.2) is 11.5 Å². The molecule has 1 N–H and O–H groups in total.